The second-order valence-electron chi connectivity index (χ2n) is 5.82. The Hall–Kier alpha value is -3.34. The van der Waals surface area contributed by atoms with Crippen LogP contribution in [0.3, 0.4) is 0 Å². The number of aliphatic hydroxyl groups is 1. The summed E-state index contributed by atoms with van der Waals surface area (Å²) >= 11 is 0. The maximum atomic E-state index is 11.8. The Morgan fingerprint density at radius 2 is 1.81 bits per heavy atom. The molecule has 0 aliphatic carbocycles. The number of benzene rings is 2. The molecule has 0 bridgehead atoms. The minimum atomic E-state index is -0.607. The lowest BCUT2D eigenvalue weighted by atomic mass is 10.0. The predicted octanol–water partition coefficient (Wildman–Crippen LogP) is 3.62. The molecule has 0 saturated heterocycles. The van der Waals surface area contributed by atoms with Crippen LogP contribution in [0.1, 0.15) is 5.56 Å². The normalized spacial score (nSPS) is 17.5. The second-order valence-corrected chi connectivity index (χ2v) is 5.82. The molecule has 5 heteroatoms. The van der Waals surface area contributed by atoms with Gasteiger partial charge in [-0.15, -0.1) is 0 Å². The summed E-state index contributed by atoms with van der Waals surface area (Å²) in [6, 6.07) is 18.6. The molecule has 3 rings (SSSR count). The first-order valence-electron chi connectivity index (χ1n) is 8.28. The molecule has 2 unspecified atom stereocenters. The van der Waals surface area contributed by atoms with E-state index in [1.165, 1.54) is 13.3 Å². The lowest BCUT2D eigenvalue weighted by Gasteiger charge is -2.21. The number of ether oxygens (including phenoxy) is 1. The number of hydrogen-bond acceptors (Lipinski definition) is 5. The average molecular weight is 348 g/mol. The molecular weight excluding hydrogens is 328 g/mol. The van der Waals surface area contributed by atoms with Crippen molar-refractivity contribution in [1.82, 2.24) is 0 Å². The molecule has 0 radical (unpaired) electrons. The summed E-state index contributed by atoms with van der Waals surface area (Å²) in [6.07, 6.45) is 5.25. The highest BCUT2D eigenvalue weighted by molar-refractivity contribution is 6.11. The number of aliphatic hydroxyl groups excluding tert-OH is 1. The zero-order chi connectivity index (χ0) is 18.4. The fourth-order valence-electron chi connectivity index (χ4n) is 2.72. The number of anilines is 1. The van der Waals surface area contributed by atoms with Gasteiger partial charge in [-0.25, -0.2) is 4.79 Å². The number of carbonyl (C=O) groups is 1. The molecule has 1 heterocycles. The zero-order valence-electron chi connectivity index (χ0n) is 14.4. The predicted molar refractivity (Wildman–Crippen MR) is 103 cm³/mol. The lowest BCUT2D eigenvalue weighted by molar-refractivity contribution is -0.135. The summed E-state index contributed by atoms with van der Waals surface area (Å²) in [5.74, 6) is -0.692. The van der Waals surface area contributed by atoms with Gasteiger partial charge in [0.2, 0.25) is 0 Å². The summed E-state index contributed by atoms with van der Waals surface area (Å²) in [4.78, 5) is 16.1. The van der Waals surface area contributed by atoms with E-state index in [9.17, 15) is 9.90 Å². The van der Waals surface area contributed by atoms with Gasteiger partial charge in [-0.3, -0.25) is 4.99 Å². The highest BCUT2D eigenvalue weighted by Gasteiger charge is 2.31. The third-order valence-corrected chi connectivity index (χ3v) is 4.07. The molecule has 1 aliphatic heterocycles. The lowest BCUT2D eigenvalue weighted by Crippen LogP contribution is -2.31. The van der Waals surface area contributed by atoms with Crippen molar-refractivity contribution in [3.05, 3.63) is 83.6 Å². The molecule has 5 nitrogen and oxygen atoms in total. The van der Waals surface area contributed by atoms with Crippen LogP contribution in [0.25, 0.3) is 6.08 Å². The Balaban J connectivity index is 1.88. The van der Waals surface area contributed by atoms with E-state index in [0.29, 0.717) is 0 Å². The quantitative estimate of drug-likeness (QED) is 0.782. The SMILES string of the molecule is COC(=O)C1=C(O)C(C(/C=C/c2ccccc2)Nc2ccccc2)N=C1. The van der Waals surface area contributed by atoms with E-state index in [1.807, 2.05) is 72.8 Å². The van der Waals surface area contributed by atoms with Crippen molar-refractivity contribution < 1.29 is 14.6 Å². The highest BCUT2D eigenvalue weighted by Crippen LogP contribution is 2.23. The topological polar surface area (TPSA) is 70.9 Å². The van der Waals surface area contributed by atoms with Crippen molar-refractivity contribution in [2.24, 2.45) is 4.99 Å². The maximum absolute atomic E-state index is 11.8. The van der Waals surface area contributed by atoms with Crippen LogP contribution in [0.5, 0.6) is 0 Å². The Morgan fingerprint density at radius 3 is 2.46 bits per heavy atom. The minimum Gasteiger partial charge on any atom is -0.509 e. The van der Waals surface area contributed by atoms with Gasteiger partial charge in [-0.1, -0.05) is 60.7 Å². The van der Waals surface area contributed by atoms with Gasteiger partial charge in [0, 0.05) is 11.9 Å². The maximum Gasteiger partial charge on any atom is 0.342 e. The minimum absolute atomic E-state index is 0.0884. The molecule has 0 spiro atoms. The number of nitrogens with one attached hydrogen (secondary N) is 1. The number of esters is 1. The molecule has 2 atom stereocenters. The molecule has 1 aliphatic rings. The monoisotopic (exact) mass is 348 g/mol. The van der Waals surface area contributed by atoms with Crippen LogP contribution < -0.4 is 5.32 Å². The van der Waals surface area contributed by atoms with Gasteiger partial charge in [0.1, 0.15) is 17.4 Å². The first-order valence-corrected chi connectivity index (χ1v) is 8.28. The number of para-hydroxylation sites is 1. The Labute approximate surface area is 152 Å². The van der Waals surface area contributed by atoms with Gasteiger partial charge < -0.3 is 15.2 Å². The molecule has 0 fully saturated rings. The molecule has 2 aromatic rings. The van der Waals surface area contributed by atoms with Crippen molar-refractivity contribution >= 4 is 23.9 Å². The van der Waals surface area contributed by atoms with Gasteiger partial charge >= 0.3 is 5.97 Å². The number of nitrogens with zero attached hydrogens (tertiary/aromatic N) is 1. The Kier molecular flexibility index (Phi) is 5.49. The van der Waals surface area contributed by atoms with Crippen LogP contribution in [0.15, 0.2) is 83.1 Å². The number of aliphatic imine (C=N–C) groups is 1. The van der Waals surface area contributed by atoms with Gasteiger partial charge in [0.15, 0.2) is 0 Å². The van der Waals surface area contributed by atoms with E-state index in [2.05, 4.69) is 10.3 Å². The van der Waals surface area contributed by atoms with Gasteiger partial charge in [0.05, 0.1) is 13.2 Å². The summed E-state index contributed by atoms with van der Waals surface area (Å²) in [5, 5.41) is 13.8. The molecule has 2 N–H and O–H groups in total. The van der Waals surface area contributed by atoms with E-state index in [0.717, 1.165) is 11.3 Å². The largest absolute Gasteiger partial charge is 0.509 e. The van der Waals surface area contributed by atoms with Crippen LogP contribution in [-0.2, 0) is 9.53 Å². The van der Waals surface area contributed by atoms with Crippen LogP contribution >= 0.6 is 0 Å². The van der Waals surface area contributed by atoms with E-state index in [4.69, 9.17) is 4.74 Å². The Morgan fingerprint density at radius 1 is 1.15 bits per heavy atom. The molecule has 26 heavy (non-hydrogen) atoms. The molecular formula is C21H20N2O3. The highest BCUT2D eigenvalue weighted by atomic mass is 16.5. The van der Waals surface area contributed by atoms with Gasteiger partial charge in [0.25, 0.3) is 0 Å². The summed E-state index contributed by atoms with van der Waals surface area (Å²) in [6.45, 7) is 0. The number of rotatable bonds is 6. The van der Waals surface area contributed by atoms with E-state index in [-0.39, 0.29) is 17.4 Å². The van der Waals surface area contributed by atoms with Crippen molar-refractivity contribution in [3.63, 3.8) is 0 Å². The molecule has 0 saturated carbocycles. The first kappa shape index (κ1) is 17.5. The molecule has 0 amide bonds. The van der Waals surface area contributed by atoms with Crippen LogP contribution in [-0.4, -0.2) is 36.5 Å². The number of hydrogen-bond donors (Lipinski definition) is 2. The average Bonchev–Trinajstić information content (AvgIpc) is 3.07. The van der Waals surface area contributed by atoms with Crippen LogP contribution in [0.2, 0.25) is 0 Å². The van der Waals surface area contributed by atoms with E-state index >= 15 is 0 Å². The van der Waals surface area contributed by atoms with Crippen LogP contribution in [0, 0.1) is 0 Å². The summed E-state index contributed by atoms with van der Waals surface area (Å²) in [7, 11) is 1.28. The standard InChI is InChI=1S/C21H20N2O3/c1-26-21(25)17-14-22-19(20(17)24)18(23-16-10-6-3-7-11-16)13-12-15-8-4-2-5-9-15/h2-14,18-19,23-24H,1H3/b13-12+. The van der Waals surface area contributed by atoms with Crippen molar-refractivity contribution in [1.29, 1.82) is 0 Å². The van der Waals surface area contributed by atoms with Gasteiger partial charge in [-0.2, -0.15) is 0 Å². The molecule has 2 aromatic carbocycles. The third kappa shape index (κ3) is 4.00. The fourth-order valence-corrected chi connectivity index (χ4v) is 2.72. The second kappa shape index (κ2) is 8.16. The summed E-state index contributed by atoms with van der Waals surface area (Å²) in [5.41, 5.74) is 2.02. The third-order valence-electron chi connectivity index (χ3n) is 4.07. The first-order chi connectivity index (χ1) is 12.7. The molecule has 0 aromatic heterocycles. The fraction of sp³-hybridized carbons (Fsp3) is 0.143. The molecule has 132 valence electrons. The van der Waals surface area contributed by atoms with Gasteiger partial charge in [-0.05, 0) is 17.7 Å². The summed E-state index contributed by atoms with van der Waals surface area (Å²) < 4.78 is 4.69. The Bertz CT molecular complexity index is 842. The van der Waals surface area contributed by atoms with Crippen molar-refractivity contribution in [2.75, 3.05) is 12.4 Å². The van der Waals surface area contributed by atoms with E-state index in [1.54, 1.807) is 0 Å². The van der Waals surface area contributed by atoms with E-state index < -0.39 is 12.0 Å². The van der Waals surface area contributed by atoms with Crippen molar-refractivity contribution in [3.8, 4) is 0 Å². The zero-order valence-corrected chi connectivity index (χ0v) is 14.4. The number of carbonyl (C=O) groups excluding carboxylic acids is 1. The van der Waals surface area contributed by atoms with Crippen LogP contribution in [0.4, 0.5) is 5.69 Å². The van der Waals surface area contributed by atoms with Crippen molar-refractivity contribution in [2.45, 2.75) is 12.1 Å². The number of methoxy groups -OCH3 is 1. The smallest absolute Gasteiger partial charge is 0.342 e.